The Morgan fingerprint density at radius 3 is 2.65 bits per heavy atom. The van der Waals surface area contributed by atoms with E-state index in [-0.39, 0.29) is 0 Å². The van der Waals surface area contributed by atoms with E-state index < -0.39 is 0 Å². The molecule has 0 fully saturated rings. The van der Waals surface area contributed by atoms with E-state index in [9.17, 15) is 0 Å². The average Bonchev–Trinajstić information content (AvgIpc) is 2.86. The zero-order valence-electron chi connectivity index (χ0n) is 11.7. The summed E-state index contributed by atoms with van der Waals surface area (Å²) in [6.45, 7) is 5.10. The van der Waals surface area contributed by atoms with E-state index in [1.807, 2.05) is 18.2 Å². The van der Waals surface area contributed by atoms with Gasteiger partial charge in [0, 0.05) is 23.6 Å². The Morgan fingerprint density at radius 1 is 1.05 bits per heavy atom. The van der Waals surface area contributed by atoms with Gasteiger partial charge in [-0.15, -0.1) is 0 Å². The molecule has 98 valence electrons. The zero-order valence-corrected chi connectivity index (χ0v) is 11.7. The van der Waals surface area contributed by atoms with Crippen LogP contribution in [0.15, 0.2) is 48.7 Å². The Bertz CT molecular complexity index is 819. The van der Waals surface area contributed by atoms with E-state index in [1.165, 1.54) is 16.7 Å². The molecule has 0 aliphatic heterocycles. The molecule has 1 aromatic heterocycles. The summed E-state index contributed by atoms with van der Waals surface area (Å²) in [6, 6.07) is 16.7. The van der Waals surface area contributed by atoms with Gasteiger partial charge in [0.25, 0.3) is 0 Å². The summed E-state index contributed by atoms with van der Waals surface area (Å²) >= 11 is 0. The second kappa shape index (κ2) is 4.86. The number of benzene rings is 2. The normalized spacial score (nSPS) is 10.7. The van der Waals surface area contributed by atoms with Crippen molar-refractivity contribution in [3.05, 3.63) is 70.9 Å². The lowest BCUT2D eigenvalue weighted by atomic mass is 10.1. The Labute approximate surface area is 118 Å². The monoisotopic (exact) mass is 260 g/mol. The van der Waals surface area contributed by atoms with Crippen LogP contribution in [0.5, 0.6) is 0 Å². The van der Waals surface area contributed by atoms with E-state index in [2.05, 4.69) is 54.9 Å². The van der Waals surface area contributed by atoms with Crippen molar-refractivity contribution >= 4 is 10.9 Å². The fourth-order valence-corrected chi connectivity index (χ4v) is 2.56. The van der Waals surface area contributed by atoms with Crippen LogP contribution in [-0.2, 0) is 6.54 Å². The van der Waals surface area contributed by atoms with Crippen LogP contribution in [0.3, 0.4) is 0 Å². The number of nitrogens with zero attached hydrogens (tertiary/aromatic N) is 2. The van der Waals surface area contributed by atoms with Crippen molar-refractivity contribution in [3.8, 4) is 6.07 Å². The second-order valence-corrected chi connectivity index (χ2v) is 5.21. The van der Waals surface area contributed by atoms with Crippen molar-refractivity contribution in [2.24, 2.45) is 0 Å². The molecule has 0 spiro atoms. The second-order valence-electron chi connectivity index (χ2n) is 5.21. The molecule has 20 heavy (non-hydrogen) atoms. The highest BCUT2D eigenvalue weighted by molar-refractivity contribution is 5.86. The number of fused-ring (bicyclic) bond motifs is 1. The van der Waals surface area contributed by atoms with Crippen molar-refractivity contribution in [2.75, 3.05) is 0 Å². The lowest BCUT2D eigenvalue weighted by Gasteiger charge is -2.08. The van der Waals surface area contributed by atoms with Gasteiger partial charge in [-0.05, 0) is 48.7 Å². The molecule has 2 nitrogen and oxygen atoms in total. The third-order valence-corrected chi connectivity index (χ3v) is 3.86. The molecule has 2 aromatic carbocycles. The average molecular weight is 260 g/mol. The molecular weight excluding hydrogens is 244 g/mol. The zero-order chi connectivity index (χ0) is 14.1. The van der Waals surface area contributed by atoms with Crippen LogP contribution < -0.4 is 0 Å². The van der Waals surface area contributed by atoms with E-state index in [4.69, 9.17) is 5.26 Å². The molecule has 3 aromatic rings. The summed E-state index contributed by atoms with van der Waals surface area (Å²) in [6.07, 6.45) is 2.06. The van der Waals surface area contributed by atoms with Gasteiger partial charge >= 0.3 is 0 Å². The summed E-state index contributed by atoms with van der Waals surface area (Å²) in [4.78, 5) is 0. The molecule has 0 atom stereocenters. The number of aromatic nitrogens is 1. The van der Waals surface area contributed by atoms with Gasteiger partial charge in [-0.2, -0.15) is 5.26 Å². The first kappa shape index (κ1) is 12.5. The first-order valence-corrected chi connectivity index (χ1v) is 6.73. The van der Waals surface area contributed by atoms with Gasteiger partial charge in [-0.3, -0.25) is 0 Å². The largest absolute Gasteiger partial charge is 0.343 e. The highest BCUT2D eigenvalue weighted by atomic mass is 14.9. The summed E-state index contributed by atoms with van der Waals surface area (Å²) in [7, 11) is 0. The van der Waals surface area contributed by atoms with Crippen molar-refractivity contribution in [1.29, 1.82) is 5.26 Å². The molecule has 0 amide bonds. The first-order chi connectivity index (χ1) is 9.69. The van der Waals surface area contributed by atoms with Crippen molar-refractivity contribution in [3.63, 3.8) is 0 Å². The molecular formula is C18H16N2. The van der Waals surface area contributed by atoms with Gasteiger partial charge in [0.15, 0.2) is 0 Å². The van der Waals surface area contributed by atoms with E-state index in [0.717, 1.165) is 23.0 Å². The number of nitriles is 1. The Hall–Kier alpha value is -2.53. The van der Waals surface area contributed by atoms with Gasteiger partial charge in [0.1, 0.15) is 0 Å². The minimum Gasteiger partial charge on any atom is -0.343 e. The Morgan fingerprint density at radius 2 is 1.90 bits per heavy atom. The fraction of sp³-hybridized carbons (Fsp3) is 0.167. The molecule has 3 rings (SSSR count). The Kier molecular flexibility index (Phi) is 3.04. The number of hydrogen-bond acceptors (Lipinski definition) is 1. The molecule has 2 heteroatoms. The minimum atomic E-state index is 0.737. The fourth-order valence-electron chi connectivity index (χ4n) is 2.56. The van der Waals surface area contributed by atoms with Crippen LogP contribution in [0.2, 0.25) is 0 Å². The predicted molar refractivity (Wildman–Crippen MR) is 81.7 cm³/mol. The summed E-state index contributed by atoms with van der Waals surface area (Å²) in [5, 5.41) is 10.2. The molecule has 0 unspecified atom stereocenters. The van der Waals surface area contributed by atoms with Gasteiger partial charge in [0.05, 0.1) is 11.6 Å². The lowest BCUT2D eigenvalue weighted by Crippen LogP contribution is -1.98. The van der Waals surface area contributed by atoms with Crippen LogP contribution in [0.4, 0.5) is 0 Å². The Balaban J connectivity index is 2.03. The van der Waals surface area contributed by atoms with E-state index >= 15 is 0 Å². The minimum absolute atomic E-state index is 0.737. The van der Waals surface area contributed by atoms with Crippen molar-refractivity contribution in [2.45, 2.75) is 20.4 Å². The summed E-state index contributed by atoms with van der Waals surface area (Å²) < 4.78 is 2.19. The molecule has 0 radical (unpaired) electrons. The van der Waals surface area contributed by atoms with Crippen molar-refractivity contribution < 1.29 is 0 Å². The van der Waals surface area contributed by atoms with Gasteiger partial charge in [0.2, 0.25) is 0 Å². The molecule has 0 aliphatic rings. The predicted octanol–water partition coefficient (Wildman–Crippen LogP) is 4.18. The van der Waals surface area contributed by atoms with Gasteiger partial charge in [-0.1, -0.05) is 24.3 Å². The van der Waals surface area contributed by atoms with Gasteiger partial charge in [-0.25, -0.2) is 0 Å². The number of rotatable bonds is 2. The van der Waals surface area contributed by atoms with Crippen LogP contribution in [-0.4, -0.2) is 4.57 Å². The number of hydrogen-bond donors (Lipinski definition) is 0. The highest BCUT2D eigenvalue weighted by Crippen LogP contribution is 2.21. The third-order valence-electron chi connectivity index (χ3n) is 3.86. The van der Waals surface area contributed by atoms with Crippen LogP contribution in [0.1, 0.15) is 22.3 Å². The van der Waals surface area contributed by atoms with Crippen LogP contribution in [0, 0.1) is 25.2 Å². The molecule has 0 saturated heterocycles. The summed E-state index contributed by atoms with van der Waals surface area (Å²) in [5.41, 5.74) is 5.77. The maximum atomic E-state index is 9.14. The standard InChI is InChI=1S/C18H16N2/c1-13-6-7-15(10-14(13)2)12-20-9-8-17-16(11-19)4-3-5-18(17)20/h3-10H,12H2,1-2H3. The number of aryl methyl sites for hydroxylation is 2. The maximum Gasteiger partial charge on any atom is 0.0998 e. The smallest absolute Gasteiger partial charge is 0.0998 e. The quantitative estimate of drug-likeness (QED) is 0.679. The lowest BCUT2D eigenvalue weighted by molar-refractivity contribution is 0.835. The third kappa shape index (κ3) is 2.08. The molecule has 0 bridgehead atoms. The molecule has 0 N–H and O–H groups in total. The maximum absolute atomic E-state index is 9.14. The van der Waals surface area contributed by atoms with E-state index in [1.54, 1.807) is 0 Å². The first-order valence-electron chi connectivity index (χ1n) is 6.73. The van der Waals surface area contributed by atoms with Gasteiger partial charge < -0.3 is 4.57 Å². The molecule has 1 heterocycles. The van der Waals surface area contributed by atoms with E-state index in [0.29, 0.717) is 0 Å². The topological polar surface area (TPSA) is 28.7 Å². The summed E-state index contributed by atoms with van der Waals surface area (Å²) in [5.74, 6) is 0. The molecule has 0 aliphatic carbocycles. The van der Waals surface area contributed by atoms with Crippen LogP contribution >= 0.6 is 0 Å². The SMILES string of the molecule is Cc1ccc(Cn2ccc3c(C#N)cccc32)cc1C. The highest BCUT2D eigenvalue weighted by Gasteiger charge is 2.06. The van der Waals surface area contributed by atoms with Crippen molar-refractivity contribution in [1.82, 2.24) is 4.57 Å². The van der Waals surface area contributed by atoms with Crippen LogP contribution in [0.25, 0.3) is 10.9 Å². The molecule has 0 saturated carbocycles.